The van der Waals surface area contributed by atoms with Gasteiger partial charge in [-0.2, -0.15) is 13.2 Å². The van der Waals surface area contributed by atoms with Crippen LogP contribution in [0.3, 0.4) is 0 Å². The monoisotopic (exact) mass is 281 g/mol. The molecule has 0 fully saturated rings. The van der Waals surface area contributed by atoms with Gasteiger partial charge in [-0.05, 0) is 45.0 Å². The molecule has 0 spiro atoms. The Bertz CT molecular complexity index is 513. The number of nitrogens with one attached hydrogen (secondary N) is 1. The number of rotatable bonds is 2. The lowest BCUT2D eigenvalue weighted by atomic mass is 10.1. The van der Waals surface area contributed by atoms with Crippen LogP contribution in [0.1, 0.15) is 26.3 Å². The van der Waals surface area contributed by atoms with E-state index in [0.29, 0.717) is 0 Å². The van der Waals surface area contributed by atoms with E-state index in [1.807, 2.05) is 0 Å². The van der Waals surface area contributed by atoms with Crippen LogP contribution in [0.5, 0.6) is 0 Å². The predicted molar refractivity (Wildman–Crippen MR) is 61.5 cm³/mol. The van der Waals surface area contributed by atoms with Crippen LogP contribution in [0.25, 0.3) is 0 Å². The maximum atomic E-state index is 12.3. The molecule has 1 aromatic rings. The Labute approximate surface area is 104 Å². The zero-order chi connectivity index (χ0) is 14.2. The average Bonchev–Trinajstić information content (AvgIpc) is 2.13. The Hall–Kier alpha value is -1.08. The number of halogens is 3. The lowest BCUT2D eigenvalue weighted by molar-refractivity contribution is -0.137. The molecule has 0 saturated carbocycles. The Morgan fingerprint density at radius 3 is 1.78 bits per heavy atom. The SMILES string of the molecule is CC(C)(C)NS(=O)(=O)c1ccc(C(F)(F)F)cc1. The molecule has 0 atom stereocenters. The molecular formula is C11H14F3NO2S. The zero-order valence-electron chi connectivity index (χ0n) is 10.2. The van der Waals surface area contributed by atoms with Gasteiger partial charge in [-0.15, -0.1) is 0 Å². The van der Waals surface area contributed by atoms with E-state index >= 15 is 0 Å². The van der Waals surface area contributed by atoms with Crippen molar-refractivity contribution in [3.63, 3.8) is 0 Å². The summed E-state index contributed by atoms with van der Waals surface area (Å²) < 4.78 is 63.0. The molecule has 0 saturated heterocycles. The fraction of sp³-hybridized carbons (Fsp3) is 0.455. The van der Waals surface area contributed by atoms with Crippen LogP contribution in [0.2, 0.25) is 0 Å². The molecular weight excluding hydrogens is 267 g/mol. The maximum absolute atomic E-state index is 12.3. The summed E-state index contributed by atoms with van der Waals surface area (Å²) in [5.41, 5.74) is -1.57. The summed E-state index contributed by atoms with van der Waals surface area (Å²) in [4.78, 5) is -0.189. The molecule has 0 unspecified atom stereocenters. The molecule has 0 aliphatic heterocycles. The molecule has 102 valence electrons. The first kappa shape index (κ1) is 15.0. The van der Waals surface area contributed by atoms with Gasteiger partial charge in [-0.25, -0.2) is 13.1 Å². The third-order valence-corrected chi connectivity index (χ3v) is 3.71. The second-order valence-corrected chi connectivity index (χ2v) is 6.56. The summed E-state index contributed by atoms with van der Waals surface area (Å²) in [6.07, 6.45) is -4.47. The van der Waals surface area contributed by atoms with Crippen LogP contribution in [-0.4, -0.2) is 14.0 Å². The minimum absolute atomic E-state index is 0.189. The van der Waals surface area contributed by atoms with Gasteiger partial charge < -0.3 is 0 Å². The molecule has 0 radical (unpaired) electrons. The lowest BCUT2D eigenvalue weighted by Gasteiger charge is -2.20. The van der Waals surface area contributed by atoms with E-state index in [0.717, 1.165) is 24.3 Å². The Morgan fingerprint density at radius 1 is 1.00 bits per heavy atom. The molecule has 1 N–H and O–H groups in total. The normalized spacial score (nSPS) is 13.7. The Morgan fingerprint density at radius 2 is 1.44 bits per heavy atom. The number of sulfonamides is 1. The van der Waals surface area contributed by atoms with Crippen LogP contribution >= 0.6 is 0 Å². The molecule has 1 aromatic carbocycles. The summed E-state index contributed by atoms with van der Waals surface area (Å²) in [7, 11) is -3.80. The van der Waals surface area contributed by atoms with Crippen LogP contribution in [0.4, 0.5) is 13.2 Å². The van der Waals surface area contributed by atoms with Crippen molar-refractivity contribution in [2.24, 2.45) is 0 Å². The minimum Gasteiger partial charge on any atom is -0.207 e. The fourth-order valence-electron chi connectivity index (χ4n) is 1.29. The number of alkyl halides is 3. The maximum Gasteiger partial charge on any atom is 0.416 e. The second-order valence-electron chi connectivity index (χ2n) is 4.88. The molecule has 0 heterocycles. The second kappa shape index (κ2) is 4.55. The third-order valence-electron chi connectivity index (χ3n) is 1.93. The summed E-state index contributed by atoms with van der Waals surface area (Å²) in [6.45, 7) is 4.94. The van der Waals surface area contributed by atoms with Crippen LogP contribution in [0.15, 0.2) is 29.2 Å². The van der Waals surface area contributed by atoms with Gasteiger partial charge in [0.15, 0.2) is 0 Å². The predicted octanol–water partition coefficient (Wildman–Crippen LogP) is 2.78. The van der Waals surface area contributed by atoms with Gasteiger partial charge in [0.25, 0.3) is 0 Å². The van der Waals surface area contributed by atoms with E-state index in [9.17, 15) is 21.6 Å². The summed E-state index contributed by atoms with van der Waals surface area (Å²) >= 11 is 0. The van der Waals surface area contributed by atoms with Crippen LogP contribution in [-0.2, 0) is 16.2 Å². The average molecular weight is 281 g/mol. The molecule has 0 aliphatic carbocycles. The number of benzene rings is 1. The molecule has 1 rings (SSSR count). The van der Waals surface area contributed by atoms with E-state index in [2.05, 4.69) is 4.72 Å². The van der Waals surface area contributed by atoms with Crippen molar-refractivity contribution in [2.45, 2.75) is 37.4 Å². The van der Waals surface area contributed by atoms with Gasteiger partial charge >= 0.3 is 6.18 Å². The van der Waals surface area contributed by atoms with Crippen molar-refractivity contribution in [1.82, 2.24) is 4.72 Å². The van der Waals surface area contributed by atoms with Gasteiger partial charge in [0.2, 0.25) is 10.0 Å². The summed E-state index contributed by atoms with van der Waals surface area (Å²) in [5.74, 6) is 0. The topological polar surface area (TPSA) is 46.2 Å². The van der Waals surface area contributed by atoms with E-state index in [-0.39, 0.29) is 4.90 Å². The molecule has 7 heteroatoms. The van der Waals surface area contributed by atoms with Crippen molar-refractivity contribution < 1.29 is 21.6 Å². The van der Waals surface area contributed by atoms with Crippen molar-refractivity contribution >= 4 is 10.0 Å². The molecule has 3 nitrogen and oxygen atoms in total. The first-order valence-corrected chi connectivity index (χ1v) is 6.61. The Balaban J connectivity index is 3.06. The smallest absolute Gasteiger partial charge is 0.207 e. The van der Waals surface area contributed by atoms with Gasteiger partial charge in [0.05, 0.1) is 10.5 Å². The van der Waals surface area contributed by atoms with Crippen LogP contribution < -0.4 is 4.72 Å². The molecule has 0 aliphatic rings. The van der Waals surface area contributed by atoms with Gasteiger partial charge in [-0.3, -0.25) is 0 Å². The highest BCUT2D eigenvalue weighted by Gasteiger charge is 2.31. The highest BCUT2D eigenvalue weighted by atomic mass is 32.2. The molecule has 18 heavy (non-hydrogen) atoms. The van der Waals surface area contributed by atoms with Gasteiger partial charge in [-0.1, -0.05) is 0 Å². The van der Waals surface area contributed by atoms with Crippen molar-refractivity contribution in [2.75, 3.05) is 0 Å². The van der Waals surface area contributed by atoms with E-state index in [4.69, 9.17) is 0 Å². The first-order chi connectivity index (χ1) is 7.92. The fourth-order valence-corrected chi connectivity index (χ4v) is 2.70. The van der Waals surface area contributed by atoms with Crippen molar-refractivity contribution in [3.05, 3.63) is 29.8 Å². The summed E-state index contributed by atoms with van der Waals surface area (Å²) in [5, 5.41) is 0. The standard InChI is InChI=1S/C11H14F3NO2S/c1-10(2,3)15-18(16,17)9-6-4-8(5-7-9)11(12,13)14/h4-7,15H,1-3H3. The molecule has 0 amide bonds. The number of hydrogen-bond acceptors (Lipinski definition) is 2. The van der Waals surface area contributed by atoms with E-state index in [1.165, 1.54) is 0 Å². The van der Waals surface area contributed by atoms with Crippen LogP contribution in [0, 0.1) is 0 Å². The highest BCUT2D eigenvalue weighted by Crippen LogP contribution is 2.29. The van der Waals surface area contributed by atoms with Crippen molar-refractivity contribution in [3.8, 4) is 0 Å². The highest BCUT2D eigenvalue weighted by molar-refractivity contribution is 7.89. The van der Waals surface area contributed by atoms with Gasteiger partial charge in [0.1, 0.15) is 0 Å². The minimum atomic E-state index is -4.47. The lowest BCUT2D eigenvalue weighted by Crippen LogP contribution is -2.40. The Kier molecular flexibility index (Phi) is 3.78. The molecule has 0 bridgehead atoms. The quantitative estimate of drug-likeness (QED) is 0.906. The first-order valence-electron chi connectivity index (χ1n) is 5.13. The number of hydrogen-bond donors (Lipinski definition) is 1. The summed E-state index contributed by atoms with van der Waals surface area (Å²) in [6, 6.07) is 3.38. The van der Waals surface area contributed by atoms with Crippen molar-refractivity contribution in [1.29, 1.82) is 0 Å². The molecule has 0 aromatic heterocycles. The third kappa shape index (κ3) is 3.99. The largest absolute Gasteiger partial charge is 0.416 e. The van der Waals surface area contributed by atoms with E-state index in [1.54, 1.807) is 20.8 Å². The zero-order valence-corrected chi connectivity index (χ0v) is 11.0. The van der Waals surface area contributed by atoms with Gasteiger partial charge in [0, 0.05) is 5.54 Å². The van der Waals surface area contributed by atoms with E-state index < -0.39 is 27.3 Å².